The van der Waals surface area contributed by atoms with E-state index in [-0.39, 0.29) is 0 Å². The number of rotatable bonds is 15. The minimum atomic E-state index is -0.711. The molecule has 22 heavy (non-hydrogen) atoms. The zero-order chi connectivity index (χ0) is 16.9. The average molecular weight is 315 g/mol. The van der Waals surface area contributed by atoms with E-state index in [0.717, 1.165) is 6.42 Å². The first kappa shape index (κ1) is 23.7. The Balaban J connectivity index is 0. The molecule has 0 fully saturated rings. The molecule has 2 heteroatoms. The largest absolute Gasteiger partial charge is 0.481 e. The second kappa shape index (κ2) is 22.7. The van der Waals surface area contributed by atoms with Crippen molar-refractivity contribution in [3.63, 3.8) is 0 Å². The lowest BCUT2D eigenvalue weighted by atomic mass is 10.0. The van der Waals surface area contributed by atoms with Gasteiger partial charge in [-0.05, 0) is 6.42 Å². The molecule has 0 unspecified atom stereocenters. The Morgan fingerprint density at radius 1 is 0.545 bits per heavy atom. The van der Waals surface area contributed by atoms with Crippen LogP contribution in [0.4, 0.5) is 0 Å². The van der Waals surface area contributed by atoms with E-state index in [1.54, 1.807) is 0 Å². The second-order valence-corrected chi connectivity index (χ2v) is 6.39. The van der Waals surface area contributed by atoms with Gasteiger partial charge >= 0.3 is 5.97 Å². The van der Waals surface area contributed by atoms with Gasteiger partial charge < -0.3 is 5.11 Å². The van der Waals surface area contributed by atoms with Gasteiger partial charge in [0.05, 0.1) is 0 Å². The molecular weight excluding hydrogens is 272 g/mol. The molecule has 0 aliphatic carbocycles. The Morgan fingerprint density at radius 2 is 0.818 bits per heavy atom. The minimum Gasteiger partial charge on any atom is -0.481 e. The first-order valence-corrected chi connectivity index (χ1v) is 9.90. The second-order valence-electron chi connectivity index (χ2n) is 6.39. The maximum Gasteiger partial charge on any atom is 0.303 e. The van der Waals surface area contributed by atoms with Crippen LogP contribution < -0.4 is 0 Å². The fraction of sp³-hybridized carbons (Fsp3) is 0.950. The standard InChI is InChI=1S/C16H34.C4H8O2/c1-3-5-7-9-11-13-15-16-14-12-10-8-6-4-2;1-2-3-4(5)6/h3-16H2,1-2H3;2-3H2,1H3,(H,5,6). The van der Waals surface area contributed by atoms with Crippen LogP contribution in [0.15, 0.2) is 0 Å². The minimum absolute atomic E-state index is 0.292. The SMILES string of the molecule is CCCC(=O)O.CCCCCCCCCCCCCCCC. The van der Waals surface area contributed by atoms with Crippen LogP contribution in [-0.2, 0) is 4.79 Å². The van der Waals surface area contributed by atoms with Crippen LogP contribution in [-0.4, -0.2) is 11.1 Å². The molecule has 134 valence electrons. The Morgan fingerprint density at radius 3 is 0.955 bits per heavy atom. The first-order valence-electron chi connectivity index (χ1n) is 9.90. The van der Waals surface area contributed by atoms with Gasteiger partial charge in [0.25, 0.3) is 0 Å². The lowest BCUT2D eigenvalue weighted by Crippen LogP contribution is -1.90. The predicted molar refractivity (Wildman–Crippen MR) is 98.5 cm³/mol. The summed E-state index contributed by atoms with van der Waals surface area (Å²) in [5.41, 5.74) is 0. The van der Waals surface area contributed by atoms with Gasteiger partial charge in [-0.25, -0.2) is 0 Å². The average Bonchev–Trinajstić information content (AvgIpc) is 2.49. The maximum absolute atomic E-state index is 9.60. The summed E-state index contributed by atoms with van der Waals surface area (Å²) in [6.07, 6.45) is 21.4. The van der Waals surface area contributed by atoms with Crippen molar-refractivity contribution in [2.24, 2.45) is 0 Å². The number of carbonyl (C=O) groups is 1. The van der Waals surface area contributed by atoms with Crippen LogP contribution in [0, 0.1) is 0 Å². The van der Waals surface area contributed by atoms with E-state index in [0.29, 0.717) is 6.42 Å². The van der Waals surface area contributed by atoms with E-state index in [4.69, 9.17) is 5.11 Å². The monoisotopic (exact) mass is 314 g/mol. The predicted octanol–water partition coefficient (Wildman–Crippen LogP) is 7.36. The normalized spacial score (nSPS) is 10.1. The van der Waals surface area contributed by atoms with Crippen molar-refractivity contribution >= 4 is 5.97 Å². The fourth-order valence-corrected chi connectivity index (χ4v) is 2.48. The summed E-state index contributed by atoms with van der Waals surface area (Å²) in [5.74, 6) is -0.711. The van der Waals surface area contributed by atoms with Gasteiger partial charge in [0.2, 0.25) is 0 Å². The summed E-state index contributed by atoms with van der Waals surface area (Å²) in [4.78, 5) is 9.60. The molecule has 0 radical (unpaired) electrons. The zero-order valence-corrected chi connectivity index (χ0v) is 15.7. The van der Waals surface area contributed by atoms with E-state index < -0.39 is 5.97 Å². The van der Waals surface area contributed by atoms with Gasteiger partial charge in [-0.3, -0.25) is 4.79 Å². The number of carboxylic acids is 1. The number of aliphatic carboxylic acids is 1. The molecule has 0 heterocycles. The van der Waals surface area contributed by atoms with Crippen molar-refractivity contribution in [2.75, 3.05) is 0 Å². The topological polar surface area (TPSA) is 37.3 Å². The molecule has 0 aliphatic rings. The maximum atomic E-state index is 9.60. The van der Waals surface area contributed by atoms with Crippen LogP contribution in [0.2, 0.25) is 0 Å². The van der Waals surface area contributed by atoms with Crippen molar-refractivity contribution in [3.8, 4) is 0 Å². The van der Waals surface area contributed by atoms with Crippen molar-refractivity contribution in [1.82, 2.24) is 0 Å². The Bertz CT molecular complexity index is 188. The molecule has 0 aromatic rings. The quantitative estimate of drug-likeness (QED) is 0.321. The van der Waals surface area contributed by atoms with Gasteiger partial charge in [0.15, 0.2) is 0 Å². The highest BCUT2D eigenvalue weighted by atomic mass is 16.4. The van der Waals surface area contributed by atoms with Gasteiger partial charge in [0, 0.05) is 6.42 Å². The molecule has 0 saturated carbocycles. The third-order valence-corrected chi connectivity index (χ3v) is 3.92. The van der Waals surface area contributed by atoms with E-state index in [1.807, 2.05) is 6.92 Å². The number of carboxylic acid groups (broad SMARTS) is 1. The molecule has 0 amide bonds. The van der Waals surface area contributed by atoms with Gasteiger partial charge in [-0.2, -0.15) is 0 Å². The van der Waals surface area contributed by atoms with E-state index in [1.165, 1.54) is 89.9 Å². The van der Waals surface area contributed by atoms with Crippen LogP contribution in [0.3, 0.4) is 0 Å². The molecule has 2 nitrogen and oxygen atoms in total. The molecule has 0 atom stereocenters. The third-order valence-electron chi connectivity index (χ3n) is 3.92. The summed E-state index contributed by atoms with van der Waals surface area (Å²) >= 11 is 0. The summed E-state index contributed by atoms with van der Waals surface area (Å²) in [5, 5.41) is 7.91. The van der Waals surface area contributed by atoms with Crippen molar-refractivity contribution < 1.29 is 9.90 Å². The first-order chi connectivity index (χ1) is 10.7. The fourth-order valence-electron chi connectivity index (χ4n) is 2.48. The molecule has 0 bridgehead atoms. The van der Waals surface area contributed by atoms with Crippen molar-refractivity contribution in [2.45, 2.75) is 124 Å². The summed E-state index contributed by atoms with van der Waals surface area (Å²) in [6, 6.07) is 0. The van der Waals surface area contributed by atoms with Crippen LogP contribution in [0.5, 0.6) is 0 Å². The number of hydrogen-bond acceptors (Lipinski definition) is 1. The molecule has 0 aliphatic heterocycles. The molecule has 0 rings (SSSR count). The molecule has 0 spiro atoms. The van der Waals surface area contributed by atoms with Crippen LogP contribution >= 0.6 is 0 Å². The molecule has 0 aromatic heterocycles. The molecule has 0 saturated heterocycles. The van der Waals surface area contributed by atoms with E-state index in [2.05, 4.69) is 13.8 Å². The van der Waals surface area contributed by atoms with Crippen LogP contribution in [0.1, 0.15) is 124 Å². The Hall–Kier alpha value is -0.530. The van der Waals surface area contributed by atoms with Crippen molar-refractivity contribution in [3.05, 3.63) is 0 Å². The summed E-state index contributed by atoms with van der Waals surface area (Å²) in [6.45, 7) is 6.42. The molecule has 1 N–H and O–H groups in total. The lowest BCUT2D eigenvalue weighted by Gasteiger charge is -2.02. The molecular formula is C20H42O2. The van der Waals surface area contributed by atoms with Crippen LogP contribution in [0.25, 0.3) is 0 Å². The van der Waals surface area contributed by atoms with Gasteiger partial charge in [-0.15, -0.1) is 0 Å². The third kappa shape index (κ3) is 27.8. The Labute approximate surface area is 140 Å². The van der Waals surface area contributed by atoms with E-state index in [9.17, 15) is 4.79 Å². The van der Waals surface area contributed by atoms with E-state index >= 15 is 0 Å². The lowest BCUT2D eigenvalue weighted by molar-refractivity contribution is -0.137. The Kier molecular flexibility index (Phi) is 24.5. The smallest absolute Gasteiger partial charge is 0.303 e. The molecule has 0 aromatic carbocycles. The van der Waals surface area contributed by atoms with Crippen molar-refractivity contribution in [1.29, 1.82) is 0 Å². The highest BCUT2D eigenvalue weighted by Gasteiger charge is 1.92. The van der Waals surface area contributed by atoms with Gasteiger partial charge in [0.1, 0.15) is 0 Å². The summed E-state index contributed by atoms with van der Waals surface area (Å²) in [7, 11) is 0. The summed E-state index contributed by atoms with van der Waals surface area (Å²) < 4.78 is 0. The number of unbranched alkanes of at least 4 members (excludes halogenated alkanes) is 13. The van der Waals surface area contributed by atoms with Gasteiger partial charge in [-0.1, -0.05) is 111 Å². The number of hydrogen-bond donors (Lipinski definition) is 1. The zero-order valence-electron chi connectivity index (χ0n) is 15.7. The highest BCUT2D eigenvalue weighted by Crippen LogP contribution is 2.12. The highest BCUT2D eigenvalue weighted by molar-refractivity contribution is 5.66.